The zero-order valence-electron chi connectivity index (χ0n) is 18.3. The molecule has 1 aliphatic heterocycles. The molecule has 3 heterocycles. The zero-order valence-corrected chi connectivity index (χ0v) is 19.2. The number of carbonyl (C=O) groups is 2. The fourth-order valence-corrected chi connectivity index (χ4v) is 5.19. The third-order valence-electron chi connectivity index (χ3n) is 5.69. The summed E-state index contributed by atoms with van der Waals surface area (Å²) in [4.78, 5) is 32.1. The summed E-state index contributed by atoms with van der Waals surface area (Å²) in [6.07, 6.45) is 5.11. The van der Waals surface area contributed by atoms with Gasteiger partial charge in [-0.1, -0.05) is 18.2 Å². The number of anilines is 1. The van der Waals surface area contributed by atoms with Crippen LogP contribution in [-0.2, 0) is 35.4 Å². The van der Waals surface area contributed by atoms with Gasteiger partial charge in [0.2, 0.25) is 11.8 Å². The van der Waals surface area contributed by atoms with Crippen LogP contribution in [-0.4, -0.2) is 35.4 Å². The highest BCUT2D eigenvalue weighted by molar-refractivity contribution is 7.16. The van der Waals surface area contributed by atoms with Gasteiger partial charge < -0.3 is 15.0 Å². The molecule has 2 amide bonds. The Balaban J connectivity index is 1.41. The summed E-state index contributed by atoms with van der Waals surface area (Å²) in [6.45, 7) is 1.01. The molecule has 2 aromatic heterocycles. The minimum atomic E-state index is -0.151. The van der Waals surface area contributed by atoms with Crippen LogP contribution in [0.4, 0.5) is 5.00 Å². The van der Waals surface area contributed by atoms with E-state index in [1.807, 2.05) is 41.3 Å². The van der Waals surface area contributed by atoms with E-state index in [4.69, 9.17) is 4.74 Å². The van der Waals surface area contributed by atoms with Gasteiger partial charge in [0.25, 0.3) is 0 Å². The number of para-hydroxylation sites is 1. The Hall–Kier alpha value is -3.70. The smallest absolute Gasteiger partial charge is 0.227 e. The number of nitriles is 1. The molecule has 8 heteroatoms. The minimum absolute atomic E-state index is 0.0427. The number of hydrogen-bond acceptors (Lipinski definition) is 6. The van der Waals surface area contributed by atoms with Crippen molar-refractivity contribution >= 4 is 28.2 Å². The number of methoxy groups -OCH3 is 1. The number of hydrogen-bond donors (Lipinski definition) is 1. The van der Waals surface area contributed by atoms with Gasteiger partial charge in [-0.05, 0) is 47.7 Å². The predicted molar refractivity (Wildman–Crippen MR) is 126 cm³/mol. The number of ether oxygens (including phenoxy) is 1. The lowest BCUT2D eigenvalue weighted by Crippen LogP contribution is -2.36. The van der Waals surface area contributed by atoms with Gasteiger partial charge in [0.05, 0.1) is 25.6 Å². The quantitative estimate of drug-likeness (QED) is 0.580. The fraction of sp³-hybridized carbons (Fsp3) is 0.280. The van der Waals surface area contributed by atoms with Crippen LogP contribution in [0.1, 0.15) is 33.6 Å². The molecule has 0 atom stereocenters. The first kappa shape index (κ1) is 22.5. The molecule has 4 rings (SSSR count). The van der Waals surface area contributed by atoms with Gasteiger partial charge in [-0.25, -0.2) is 0 Å². The van der Waals surface area contributed by atoms with E-state index in [0.717, 1.165) is 27.3 Å². The molecule has 1 aromatic carbocycles. The van der Waals surface area contributed by atoms with E-state index >= 15 is 0 Å². The first-order chi connectivity index (χ1) is 16.1. The lowest BCUT2D eigenvalue weighted by Gasteiger charge is -2.27. The van der Waals surface area contributed by atoms with E-state index < -0.39 is 0 Å². The average Bonchev–Trinajstić information content (AvgIpc) is 3.19. The number of benzene rings is 1. The van der Waals surface area contributed by atoms with Gasteiger partial charge in [0.15, 0.2) is 0 Å². The van der Waals surface area contributed by atoms with Crippen LogP contribution >= 0.6 is 11.3 Å². The number of nitrogens with zero attached hydrogens (tertiary/aromatic N) is 3. The Morgan fingerprint density at radius 1 is 1.24 bits per heavy atom. The van der Waals surface area contributed by atoms with Crippen molar-refractivity contribution in [2.75, 3.05) is 19.0 Å². The summed E-state index contributed by atoms with van der Waals surface area (Å²) in [5.41, 5.74) is 3.34. The summed E-state index contributed by atoms with van der Waals surface area (Å²) in [5, 5.41) is 13.2. The molecule has 0 fully saturated rings. The van der Waals surface area contributed by atoms with Crippen LogP contribution in [0, 0.1) is 11.3 Å². The van der Waals surface area contributed by atoms with Crippen molar-refractivity contribution in [1.29, 1.82) is 5.26 Å². The highest BCUT2D eigenvalue weighted by Crippen LogP contribution is 2.37. The Kier molecular flexibility index (Phi) is 7.01. The zero-order chi connectivity index (χ0) is 23.2. The summed E-state index contributed by atoms with van der Waals surface area (Å²) >= 11 is 1.39. The van der Waals surface area contributed by atoms with E-state index in [-0.39, 0.29) is 18.2 Å². The summed E-state index contributed by atoms with van der Waals surface area (Å²) in [7, 11) is 1.61. The summed E-state index contributed by atoms with van der Waals surface area (Å²) < 4.78 is 5.35. The van der Waals surface area contributed by atoms with E-state index in [1.165, 1.54) is 11.3 Å². The predicted octanol–water partition coefficient (Wildman–Crippen LogP) is 3.72. The van der Waals surface area contributed by atoms with Crippen LogP contribution < -0.4 is 10.1 Å². The molecule has 33 heavy (non-hydrogen) atoms. The molecule has 1 N–H and O–H groups in total. The first-order valence-corrected chi connectivity index (χ1v) is 11.5. The second kappa shape index (κ2) is 10.3. The van der Waals surface area contributed by atoms with Gasteiger partial charge in [0, 0.05) is 30.2 Å². The number of aryl methyl sites for hydroxylation is 1. The van der Waals surface area contributed by atoms with E-state index in [2.05, 4.69) is 16.4 Å². The van der Waals surface area contributed by atoms with Crippen molar-refractivity contribution < 1.29 is 14.3 Å². The van der Waals surface area contributed by atoms with Gasteiger partial charge in [-0.3, -0.25) is 14.6 Å². The molecular weight excluding hydrogens is 436 g/mol. The average molecular weight is 461 g/mol. The maximum atomic E-state index is 12.8. The van der Waals surface area contributed by atoms with Gasteiger partial charge in [-0.2, -0.15) is 5.26 Å². The molecule has 0 spiro atoms. The number of amides is 2. The minimum Gasteiger partial charge on any atom is -0.496 e. The van der Waals surface area contributed by atoms with Crippen molar-refractivity contribution in [2.45, 2.75) is 32.2 Å². The monoisotopic (exact) mass is 460 g/mol. The SMILES string of the molecule is COc1ccccc1CCC(=O)Nc1sc2c(c1C#N)CCN(C(=O)Cc1ccncc1)C2. The second-order valence-corrected chi connectivity index (χ2v) is 8.88. The summed E-state index contributed by atoms with van der Waals surface area (Å²) in [5.74, 6) is 0.647. The van der Waals surface area contributed by atoms with Crippen molar-refractivity contribution in [1.82, 2.24) is 9.88 Å². The lowest BCUT2D eigenvalue weighted by atomic mass is 10.0. The highest BCUT2D eigenvalue weighted by Gasteiger charge is 2.27. The van der Waals surface area contributed by atoms with Crippen molar-refractivity contribution in [3.63, 3.8) is 0 Å². The molecule has 0 unspecified atom stereocenters. The van der Waals surface area contributed by atoms with E-state index in [9.17, 15) is 14.9 Å². The third kappa shape index (κ3) is 5.21. The number of nitrogens with one attached hydrogen (secondary N) is 1. The molecule has 168 valence electrons. The van der Waals surface area contributed by atoms with Crippen LogP contribution in [0.5, 0.6) is 5.75 Å². The van der Waals surface area contributed by atoms with E-state index in [0.29, 0.717) is 42.9 Å². The van der Waals surface area contributed by atoms with Crippen molar-refractivity contribution in [3.05, 3.63) is 75.9 Å². The number of aromatic nitrogens is 1. The number of fused-ring (bicyclic) bond motifs is 1. The molecular formula is C25H24N4O3S. The number of rotatable bonds is 7. The molecule has 7 nitrogen and oxygen atoms in total. The van der Waals surface area contributed by atoms with Crippen LogP contribution in [0.25, 0.3) is 0 Å². The molecule has 0 aliphatic carbocycles. The lowest BCUT2D eigenvalue weighted by molar-refractivity contribution is -0.131. The number of pyridine rings is 1. The number of thiophene rings is 1. The van der Waals surface area contributed by atoms with Gasteiger partial charge >= 0.3 is 0 Å². The molecule has 3 aromatic rings. The summed E-state index contributed by atoms with van der Waals surface area (Å²) in [6, 6.07) is 13.5. The van der Waals surface area contributed by atoms with Crippen molar-refractivity contribution in [3.8, 4) is 11.8 Å². The second-order valence-electron chi connectivity index (χ2n) is 7.78. The Labute approximate surface area is 196 Å². The maximum Gasteiger partial charge on any atom is 0.227 e. The van der Waals surface area contributed by atoms with Gasteiger partial charge in [-0.15, -0.1) is 11.3 Å². The Morgan fingerprint density at radius 2 is 2.03 bits per heavy atom. The van der Waals surface area contributed by atoms with Gasteiger partial charge in [0.1, 0.15) is 16.8 Å². The molecule has 0 saturated carbocycles. The molecule has 0 radical (unpaired) electrons. The Morgan fingerprint density at radius 3 is 2.79 bits per heavy atom. The Bertz CT molecular complexity index is 1200. The molecule has 1 aliphatic rings. The number of carbonyl (C=O) groups excluding carboxylic acids is 2. The van der Waals surface area contributed by atoms with Crippen molar-refractivity contribution in [2.24, 2.45) is 0 Å². The van der Waals surface area contributed by atoms with Crippen LogP contribution in [0.15, 0.2) is 48.8 Å². The fourth-order valence-electron chi connectivity index (χ4n) is 3.96. The highest BCUT2D eigenvalue weighted by atomic mass is 32.1. The topological polar surface area (TPSA) is 95.3 Å². The van der Waals surface area contributed by atoms with Crippen LogP contribution in [0.2, 0.25) is 0 Å². The molecule has 0 bridgehead atoms. The van der Waals surface area contributed by atoms with E-state index in [1.54, 1.807) is 19.5 Å². The first-order valence-electron chi connectivity index (χ1n) is 10.7. The largest absolute Gasteiger partial charge is 0.496 e. The normalized spacial score (nSPS) is 12.5. The maximum absolute atomic E-state index is 12.8. The molecule has 0 saturated heterocycles. The third-order valence-corrected chi connectivity index (χ3v) is 6.83. The standard InChI is InChI=1S/C25H24N4O3S/c1-32-21-5-3-2-4-18(21)6-7-23(30)28-25-20(15-26)19-10-13-29(16-22(19)33-25)24(31)14-17-8-11-27-12-9-17/h2-5,8-9,11-12H,6-7,10,13-14,16H2,1H3,(H,28,30). The van der Waals surface area contributed by atoms with Crippen LogP contribution in [0.3, 0.4) is 0 Å².